The Hall–Kier alpha value is -2.40. The SMILES string of the molecule is CC(=O)N1CCCN(CC(=O)NC(C)c2ccc3ccccc3c2)CC1. The number of hydrogen-bond acceptors (Lipinski definition) is 3. The molecular weight excluding hydrogens is 326 g/mol. The number of benzene rings is 2. The Bertz CT molecular complexity index is 790. The minimum atomic E-state index is -0.0344. The van der Waals surface area contributed by atoms with Crippen LogP contribution in [0, 0.1) is 0 Å². The molecule has 5 heteroatoms. The van der Waals surface area contributed by atoms with E-state index in [2.05, 4.69) is 40.5 Å². The molecule has 1 fully saturated rings. The minimum absolute atomic E-state index is 0.0296. The van der Waals surface area contributed by atoms with Crippen molar-refractivity contribution in [3.63, 3.8) is 0 Å². The number of carbonyl (C=O) groups excluding carboxylic acids is 2. The standard InChI is InChI=1S/C21H27N3O2/c1-16(19-9-8-18-6-3-4-7-20(18)14-19)22-21(26)15-23-10-5-11-24(13-12-23)17(2)25/h3-4,6-9,14,16H,5,10-13,15H2,1-2H3,(H,22,26). The number of nitrogens with one attached hydrogen (secondary N) is 1. The van der Waals surface area contributed by atoms with Gasteiger partial charge in [-0.15, -0.1) is 0 Å². The highest BCUT2D eigenvalue weighted by Gasteiger charge is 2.19. The molecule has 0 bridgehead atoms. The molecule has 0 radical (unpaired) electrons. The molecule has 1 aliphatic heterocycles. The lowest BCUT2D eigenvalue weighted by molar-refractivity contribution is -0.128. The van der Waals surface area contributed by atoms with Gasteiger partial charge in [0, 0.05) is 33.1 Å². The fourth-order valence-corrected chi connectivity index (χ4v) is 3.49. The van der Waals surface area contributed by atoms with Crippen LogP contribution in [-0.2, 0) is 9.59 Å². The van der Waals surface area contributed by atoms with Crippen molar-refractivity contribution in [1.82, 2.24) is 15.1 Å². The summed E-state index contributed by atoms with van der Waals surface area (Å²) in [7, 11) is 0. The summed E-state index contributed by atoms with van der Waals surface area (Å²) in [5.41, 5.74) is 1.11. The van der Waals surface area contributed by atoms with Crippen molar-refractivity contribution in [2.45, 2.75) is 26.3 Å². The van der Waals surface area contributed by atoms with Crippen LogP contribution in [-0.4, -0.2) is 54.3 Å². The van der Waals surface area contributed by atoms with Crippen LogP contribution in [0.1, 0.15) is 31.9 Å². The first-order chi connectivity index (χ1) is 12.5. The van der Waals surface area contributed by atoms with Crippen molar-refractivity contribution < 1.29 is 9.59 Å². The number of amides is 2. The number of hydrogen-bond donors (Lipinski definition) is 1. The van der Waals surface area contributed by atoms with E-state index in [1.807, 2.05) is 24.0 Å². The normalized spacial score (nSPS) is 16.9. The molecule has 0 aromatic heterocycles. The number of nitrogens with zero attached hydrogens (tertiary/aromatic N) is 2. The van der Waals surface area contributed by atoms with E-state index >= 15 is 0 Å². The van der Waals surface area contributed by atoms with Gasteiger partial charge in [-0.25, -0.2) is 0 Å². The minimum Gasteiger partial charge on any atom is -0.348 e. The second-order valence-corrected chi connectivity index (χ2v) is 7.03. The lowest BCUT2D eigenvalue weighted by Gasteiger charge is -2.22. The second-order valence-electron chi connectivity index (χ2n) is 7.03. The molecule has 1 N–H and O–H groups in total. The fraction of sp³-hybridized carbons (Fsp3) is 0.429. The van der Waals surface area contributed by atoms with Crippen LogP contribution < -0.4 is 5.32 Å². The molecule has 1 atom stereocenters. The number of rotatable bonds is 4. The summed E-state index contributed by atoms with van der Waals surface area (Å²) in [6, 6.07) is 14.5. The average molecular weight is 353 g/mol. The molecule has 26 heavy (non-hydrogen) atoms. The van der Waals surface area contributed by atoms with Crippen molar-refractivity contribution in [3.8, 4) is 0 Å². The number of fused-ring (bicyclic) bond motifs is 1. The van der Waals surface area contributed by atoms with Crippen molar-refractivity contribution in [2.24, 2.45) is 0 Å². The Kier molecular flexibility index (Phi) is 5.89. The summed E-state index contributed by atoms with van der Waals surface area (Å²) < 4.78 is 0. The third-order valence-electron chi connectivity index (χ3n) is 5.05. The van der Waals surface area contributed by atoms with Crippen LogP contribution in [0.3, 0.4) is 0 Å². The van der Waals surface area contributed by atoms with Gasteiger partial charge in [-0.1, -0.05) is 36.4 Å². The summed E-state index contributed by atoms with van der Waals surface area (Å²) in [6.45, 7) is 7.07. The third-order valence-corrected chi connectivity index (χ3v) is 5.05. The van der Waals surface area contributed by atoms with Crippen LogP contribution >= 0.6 is 0 Å². The zero-order chi connectivity index (χ0) is 18.5. The first-order valence-corrected chi connectivity index (χ1v) is 9.29. The van der Waals surface area contributed by atoms with Gasteiger partial charge >= 0.3 is 0 Å². The van der Waals surface area contributed by atoms with Gasteiger partial charge in [0.1, 0.15) is 0 Å². The fourth-order valence-electron chi connectivity index (χ4n) is 3.49. The van der Waals surface area contributed by atoms with Crippen LogP contribution in [0.4, 0.5) is 0 Å². The summed E-state index contributed by atoms with van der Waals surface area (Å²) >= 11 is 0. The second kappa shape index (κ2) is 8.32. The predicted octanol–water partition coefficient (Wildman–Crippen LogP) is 2.57. The molecule has 2 aromatic carbocycles. The monoisotopic (exact) mass is 353 g/mol. The smallest absolute Gasteiger partial charge is 0.234 e. The Balaban J connectivity index is 1.56. The third kappa shape index (κ3) is 4.61. The first kappa shape index (κ1) is 18.4. The molecular formula is C21H27N3O2. The maximum Gasteiger partial charge on any atom is 0.234 e. The highest BCUT2D eigenvalue weighted by atomic mass is 16.2. The molecule has 1 unspecified atom stereocenters. The van der Waals surface area contributed by atoms with Crippen molar-refractivity contribution in [1.29, 1.82) is 0 Å². The molecule has 3 rings (SSSR count). The Morgan fingerprint density at radius 1 is 1.04 bits per heavy atom. The van der Waals surface area contributed by atoms with Gasteiger partial charge in [-0.2, -0.15) is 0 Å². The molecule has 138 valence electrons. The Morgan fingerprint density at radius 2 is 1.81 bits per heavy atom. The maximum atomic E-state index is 12.5. The highest BCUT2D eigenvalue weighted by Crippen LogP contribution is 2.20. The molecule has 5 nitrogen and oxygen atoms in total. The molecule has 0 saturated carbocycles. The van der Waals surface area contributed by atoms with E-state index in [0.717, 1.165) is 31.6 Å². The predicted molar refractivity (Wildman–Crippen MR) is 104 cm³/mol. The molecule has 0 spiro atoms. The van der Waals surface area contributed by atoms with Gasteiger partial charge in [0.05, 0.1) is 12.6 Å². The number of carbonyl (C=O) groups is 2. The van der Waals surface area contributed by atoms with Gasteiger partial charge in [-0.3, -0.25) is 14.5 Å². The zero-order valence-corrected chi connectivity index (χ0v) is 15.6. The van der Waals surface area contributed by atoms with E-state index in [1.54, 1.807) is 6.92 Å². The van der Waals surface area contributed by atoms with E-state index < -0.39 is 0 Å². The van der Waals surface area contributed by atoms with Gasteiger partial charge in [-0.05, 0) is 35.7 Å². The van der Waals surface area contributed by atoms with Crippen LogP contribution in [0.15, 0.2) is 42.5 Å². The quantitative estimate of drug-likeness (QED) is 0.919. The molecule has 2 amide bonds. The highest BCUT2D eigenvalue weighted by molar-refractivity contribution is 5.83. The van der Waals surface area contributed by atoms with Gasteiger partial charge in [0.15, 0.2) is 0 Å². The van der Waals surface area contributed by atoms with E-state index in [4.69, 9.17) is 0 Å². The van der Waals surface area contributed by atoms with Crippen LogP contribution in [0.2, 0.25) is 0 Å². The van der Waals surface area contributed by atoms with Gasteiger partial charge in [0.25, 0.3) is 0 Å². The lowest BCUT2D eigenvalue weighted by Crippen LogP contribution is -2.40. The summed E-state index contributed by atoms with van der Waals surface area (Å²) in [4.78, 5) is 27.9. The zero-order valence-electron chi connectivity index (χ0n) is 15.6. The summed E-state index contributed by atoms with van der Waals surface area (Å²) in [6.07, 6.45) is 0.910. The maximum absolute atomic E-state index is 12.5. The topological polar surface area (TPSA) is 52.7 Å². The van der Waals surface area contributed by atoms with Crippen molar-refractivity contribution in [2.75, 3.05) is 32.7 Å². The molecule has 1 saturated heterocycles. The van der Waals surface area contributed by atoms with Crippen LogP contribution in [0.5, 0.6) is 0 Å². The molecule has 0 aliphatic carbocycles. The Labute approximate surface area is 155 Å². The van der Waals surface area contributed by atoms with Gasteiger partial charge in [0.2, 0.25) is 11.8 Å². The van der Waals surface area contributed by atoms with E-state index in [0.29, 0.717) is 13.1 Å². The van der Waals surface area contributed by atoms with Crippen molar-refractivity contribution >= 4 is 22.6 Å². The molecule has 1 heterocycles. The Morgan fingerprint density at radius 3 is 2.58 bits per heavy atom. The largest absolute Gasteiger partial charge is 0.348 e. The molecule has 2 aromatic rings. The van der Waals surface area contributed by atoms with E-state index in [-0.39, 0.29) is 17.9 Å². The average Bonchev–Trinajstić information content (AvgIpc) is 2.87. The van der Waals surface area contributed by atoms with Crippen LogP contribution in [0.25, 0.3) is 10.8 Å². The van der Waals surface area contributed by atoms with Crippen molar-refractivity contribution in [3.05, 3.63) is 48.0 Å². The summed E-state index contributed by atoms with van der Waals surface area (Å²) in [5.74, 6) is 0.142. The summed E-state index contributed by atoms with van der Waals surface area (Å²) in [5, 5.41) is 5.49. The van der Waals surface area contributed by atoms with E-state index in [9.17, 15) is 9.59 Å². The first-order valence-electron chi connectivity index (χ1n) is 9.29. The molecule has 1 aliphatic rings. The lowest BCUT2D eigenvalue weighted by atomic mass is 10.0. The van der Waals surface area contributed by atoms with Gasteiger partial charge < -0.3 is 10.2 Å². The van der Waals surface area contributed by atoms with E-state index in [1.165, 1.54) is 10.8 Å².